The van der Waals surface area contributed by atoms with Crippen LogP contribution in [-0.4, -0.2) is 31.2 Å². The first-order valence-electron chi connectivity index (χ1n) is 6.63. The predicted molar refractivity (Wildman–Crippen MR) is 67.1 cm³/mol. The van der Waals surface area contributed by atoms with Gasteiger partial charge in [0, 0.05) is 18.8 Å². The monoisotopic (exact) mass is 295 g/mol. The summed E-state index contributed by atoms with van der Waals surface area (Å²) in [5.74, 6) is 1.95. The maximum Gasteiger partial charge on any atom is 0.0819 e. The molecule has 0 spiro atoms. The smallest absolute Gasteiger partial charge is 0.0819 e. The van der Waals surface area contributed by atoms with E-state index in [1.54, 1.807) is 0 Å². The van der Waals surface area contributed by atoms with Gasteiger partial charge in [-0.25, -0.2) is 0 Å². The van der Waals surface area contributed by atoms with E-state index in [0.717, 1.165) is 11.8 Å². The molecule has 17 heavy (non-hydrogen) atoms. The average molecular weight is 296 g/mol. The first-order valence-corrected chi connectivity index (χ1v) is 6.63. The summed E-state index contributed by atoms with van der Waals surface area (Å²) in [4.78, 5) is 0. The fraction of sp³-hybridized carbons (Fsp3) is 0.600. The first-order chi connectivity index (χ1) is 7.75. The lowest BCUT2D eigenvalue weighted by Crippen LogP contribution is -3.00. The number of rotatable bonds is 2. The third-order valence-corrected chi connectivity index (χ3v) is 4.76. The van der Waals surface area contributed by atoms with Crippen LogP contribution < -0.4 is 17.0 Å². The highest BCUT2D eigenvalue weighted by atomic mass is 79.9. The Labute approximate surface area is 115 Å². The Morgan fingerprint density at radius 1 is 1.12 bits per heavy atom. The van der Waals surface area contributed by atoms with Crippen LogP contribution in [0.2, 0.25) is 0 Å². The summed E-state index contributed by atoms with van der Waals surface area (Å²) in [7, 11) is 2.45. The van der Waals surface area contributed by atoms with Crippen LogP contribution in [0.25, 0.3) is 0 Å². The molecule has 1 nitrogen and oxygen atoms in total. The van der Waals surface area contributed by atoms with Crippen molar-refractivity contribution < 1.29 is 21.5 Å². The van der Waals surface area contributed by atoms with Crippen molar-refractivity contribution in [2.45, 2.75) is 19.3 Å². The molecule has 0 aromatic heterocycles. The molecule has 0 radical (unpaired) electrons. The van der Waals surface area contributed by atoms with Crippen LogP contribution >= 0.6 is 0 Å². The minimum atomic E-state index is 0. The molecule has 0 saturated carbocycles. The van der Waals surface area contributed by atoms with Gasteiger partial charge in [0.15, 0.2) is 0 Å². The Bertz CT molecular complexity index is 354. The van der Waals surface area contributed by atoms with E-state index in [9.17, 15) is 0 Å². The van der Waals surface area contributed by atoms with Gasteiger partial charge in [-0.3, -0.25) is 0 Å². The van der Waals surface area contributed by atoms with Crippen molar-refractivity contribution in [3.05, 3.63) is 35.9 Å². The number of nitrogens with zero attached hydrogens (tertiary/aromatic N) is 1. The molecule has 1 aromatic rings. The minimum Gasteiger partial charge on any atom is -1.00 e. The second-order valence-corrected chi connectivity index (χ2v) is 6.04. The van der Waals surface area contributed by atoms with Gasteiger partial charge in [-0.15, -0.1) is 0 Å². The van der Waals surface area contributed by atoms with E-state index in [-0.39, 0.29) is 17.0 Å². The van der Waals surface area contributed by atoms with Gasteiger partial charge in [0.25, 0.3) is 0 Å². The van der Waals surface area contributed by atoms with Crippen molar-refractivity contribution in [2.24, 2.45) is 11.8 Å². The highest BCUT2D eigenvalue weighted by molar-refractivity contribution is 5.15. The Morgan fingerprint density at radius 3 is 2.35 bits per heavy atom. The number of piperidine rings is 3. The standard InChI is InChI=1S/C15H22N.BrH/c1-16-9-7-14(8-10-16)15(12-16)11-13-5-3-2-4-6-13;/h2-6,14-15H,7-12H2,1H3;1H/q+1;/p-1. The van der Waals surface area contributed by atoms with Crippen molar-refractivity contribution >= 4 is 0 Å². The Hall–Kier alpha value is -0.340. The van der Waals surface area contributed by atoms with Gasteiger partial charge in [-0.1, -0.05) is 30.3 Å². The fourth-order valence-electron chi connectivity index (χ4n) is 3.73. The number of hydrogen-bond donors (Lipinski definition) is 0. The second-order valence-electron chi connectivity index (χ2n) is 6.04. The minimum absolute atomic E-state index is 0. The zero-order chi connectivity index (χ0) is 11.0. The van der Waals surface area contributed by atoms with Gasteiger partial charge in [0.1, 0.15) is 0 Å². The predicted octanol–water partition coefficient (Wildman–Crippen LogP) is -0.280. The van der Waals surface area contributed by atoms with E-state index in [1.165, 1.54) is 48.9 Å². The third-order valence-electron chi connectivity index (χ3n) is 4.76. The topological polar surface area (TPSA) is 0 Å². The first kappa shape index (κ1) is 13.1. The van der Waals surface area contributed by atoms with Gasteiger partial charge < -0.3 is 21.5 Å². The molecule has 1 unspecified atom stereocenters. The number of benzene rings is 1. The molecule has 94 valence electrons. The molecule has 1 aromatic carbocycles. The molecular formula is C15H22BrN. The number of quaternary nitrogens is 1. The van der Waals surface area contributed by atoms with Gasteiger partial charge in [0.05, 0.1) is 26.7 Å². The van der Waals surface area contributed by atoms with Crippen molar-refractivity contribution in [1.29, 1.82) is 0 Å². The van der Waals surface area contributed by atoms with Crippen LogP contribution in [0, 0.1) is 11.8 Å². The number of hydrogen-bond acceptors (Lipinski definition) is 0. The van der Waals surface area contributed by atoms with Crippen LogP contribution in [0.15, 0.2) is 30.3 Å². The highest BCUT2D eigenvalue weighted by Gasteiger charge is 2.42. The molecule has 3 aliphatic rings. The maximum absolute atomic E-state index is 2.45. The van der Waals surface area contributed by atoms with Crippen molar-refractivity contribution in [2.75, 3.05) is 26.7 Å². The summed E-state index contributed by atoms with van der Waals surface area (Å²) >= 11 is 0. The molecule has 3 fully saturated rings. The Balaban J connectivity index is 0.00000108. The van der Waals surface area contributed by atoms with Crippen molar-refractivity contribution in [3.8, 4) is 0 Å². The summed E-state index contributed by atoms with van der Waals surface area (Å²) in [5.41, 5.74) is 1.54. The van der Waals surface area contributed by atoms with Crippen molar-refractivity contribution in [1.82, 2.24) is 0 Å². The SMILES string of the molecule is C[N+]12CCC(CC1)C(Cc1ccccc1)C2.[Br-]. The molecule has 1 atom stereocenters. The summed E-state index contributed by atoms with van der Waals surface area (Å²) in [6, 6.07) is 11.0. The summed E-state index contributed by atoms with van der Waals surface area (Å²) in [6.45, 7) is 4.27. The van der Waals surface area contributed by atoms with E-state index in [1.807, 2.05) is 0 Å². The molecule has 3 aliphatic heterocycles. The lowest BCUT2D eigenvalue weighted by atomic mass is 9.75. The van der Waals surface area contributed by atoms with Crippen LogP contribution in [0.3, 0.4) is 0 Å². The second kappa shape index (κ2) is 5.11. The summed E-state index contributed by atoms with van der Waals surface area (Å²) in [6.07, 6.45) is 4.24. The van der Waals surface area contributed by atoms with Gasteiger partial charge in [0.2, 0.25) is 0 Å². The normalized spacial score (nSPS) is 35.4. The van der Waals surface area contributed by atoms with Gasteiger partial charge in [-0.2, -0.15) is 0 Å². The third kappa shape index (κ3) is 2.74. The molecule has 2 bridgehead atoms. The largest absolute Gasteiger partial charge is 1.00 e. The number of halogens is 1. The quantitative estimate of drug-likeness (QED) is 0.659. The van der Waals surface area contributed by atoms with Gasteiger partial charge in [-0.05, 0) is 17.9 Å². The zero-order valence-electron chi connectivity index (χ0n) is 10.6. The van der Waals surface area contributed by atoms with E-state index < -0.39 is 0 Å². The van der Waals surface area contributed by atoms with Crippen LogP contribution in [0.4, 0.5) is 0 Å². The van der Waals surface area contributed by atoms with E-state index in [4.69, 9.17) is 0 Å². The van der Waals surface area contributed by atoms with E-state index >= 15 is 0 Å². The lowest BCUT2D eigenvalue weighted by molar-refractivity contribution is -0.929. The summed E-state index contributed by atoms with van der Waals surface area (Å²) in [5, 5.41) is 0. The molecule has 0 aliphatic carbocycles. The molecule has 3 heterocycles. The Kier molecular flexibility index (Phi) is 3.94. The zero-order valence-corrected chi connectivity index (χ0v) is 12.2. The van der Waals surface area contributed by atoms with E-state index in [2.05, 4.69) is 37.4 Å². The van der Waals surface area contributed by atoms with Gasteiger partial charge >= 0.3 is 0 Å². The molecule has 0 N–H and O–H groups in total. The lowest BCUT2D eigenvalue weighted by Gasteiger charge is -2.50. The molecule has 3 saturated heterocycles. The van der Waals surface area contributed by atoms with Crippen molar-refractivity contribution in [3.63, 3.8) is 0 Å². The average Bonchev–Trinajstić information content (AvgIpc) is 2.30. The molecular weight excluding hydrogens is 274 g/mol. The molecule has 0 amide bonds. The Morgan fingerprint density at radius 2 is 1.76 bits per heavy atom. The fourth-order valence-corrected chi connectivity index (χ4v) is 3.73. The van der Waals surface area contributed by atoms with Crippen LogP contribution in [0.1, 0.15) is 18.4 Å². The maximum atomic E-state index is 2.45. The highest BCUT2D eigenvalue weighted by Crippen LogP contribution is 2.37. The van der Waals surface area contributed by atoms with Crippen LogP contribution in [-0.2, 0) is 6.42 Å². The molecule has 2 heteroatoms. The van der Waals surface area contributed by atoms with Crippen LogP contribution in [0.5, 0.6) is 0 Å². The molecule has 4 rings (SSSR count). The van der Waals surface area contributed by atoms with E-state index in [0.29, 0.717) is 0 Å². The summed E-state index contributed by atoms with van der Waals surface area (Å²) < 4.78 is 1.34. The number of fused-ring (bicyclic) bond motifs is 3.